The minimum Gasteiger partial charge on any atom is -0.480 e. The highest BCUT2D eigenvalue weighted by Gasteiger charge is 2.27. The Morgan fingerprint density at radius 3 is 2.14 bits per heavy atom. The fourth-order valence-electron chi connectivity index (χ4n) is 1.79. The number of hydrogen-bond donors (Lipinski definition) is 5. The Morgan fingerprint density at radius 1 is 1.14 bits per heavy atom. The van der Waals surface area contributed by atoms with Crippen molar-refractivity contribution < 1.29 is 24.3 Å². The van der Waals surface area contributed by atoms with Gasteiger partial charge in [-0.05, 0) is 18.8 Å². The minimum atomic E-state index is -1.18. The van der Waals surface area contributed by atoms with Gasteiger partial charge in [-0.15, -0.1) is 0 Å². The average Bonchev–Trinajstić information content (AvgIpc) is 2.38. The summed E-state index contributed by atoms with van der Waals surface area (Å²) in [7, 11) is 0. The molecule has 0 radical (unpaired) electrons. The Bertz CT molecular complexity index is 425. The van der Waals surface area contributed by atoms with Gasteiger partial charge in [0.1, 0.15) is 12.1 Å². The van der Waals surface area contributed by atoms with Gasteiger partial charge in [0.15, 0.2) is 0 Å². The Morgan fingerprint density at radius 2 is 1.73 bits per heavy atom. The van der Waals surface area contributed by atoms with E-state index in [1.54, 1.807) is 13.8 Å². The fourth-order valence-corrected chi connectivity index (χ4v) is 1.79. The van der Waals surface area contributed by atoms with Crippen LogP contribution in [0.3, 0.4) is 0 Å². The van der Waals surface area contributed by atoms with Crippen LogP contribution in [0.4, 0.5) is 4.79 Å². The van der Waals surface area contributed by atoms with Crippen LogP contribution in [0, 0.1) is 5.92 Å². The lowest BCUT2D eigenvalue weighted by Crippen LogP contribution is -2.53. The first-order valence-corrected chi connectivity index (χ1v) is 6.98. The summed E-state index contributed by atoms with van der Waals surface area (Å²) in [5, 5.41) is 16.3. The molecule has 0 heterocycles. The van der Waals surface area contributed by atoms with Crippen molar-refractivity contribution >= 4 is 23.8 Å². The SMILES string of the molecule is CC(=O)N[C@H](C(=O)N[C@@H](CCCNC(N)=O)C(=O)O)C(C)C. The molecule has 0 fully saturated rings. The summed E-state index contributed by atoms with van der Waals surface area (Å²) < 4.78 is 0. The van der Waals surface area contributed by atoms with E-state index in [1.807, 2.05) is 0 Å². The molecule has 126 valence electrons. The lowest BCUT2D eigenvalue weighted by molar-refractivity contribution is -0.142. The zero-order chi connectivity index (χ0) is 17.3. The number of rotatable bonds is 9. The van der Waals surface area contributed by atoms with Gasteiger partial charge < -0.3 is 26.8 Å². The number of carbonyl (C=O) groups excluding carboxylic acids is 3. The second kappa shape index (κ2) is 9.59. The normalized spacial score (nSPS) is 13.1. The number of primary amides is 1. The first kappa shape index (κ1) is 19.7. The third-order valence-corrected chi connectivity index (χ3v) is 2.89. The third kappa shape index (κ3) is 8.08. The quantitative estimate of drug-likeness (QED) is 0.352. The van der Waals surface area contributed by atoms with Crippen LogP contribution in [0.25, 0.3) is 0 Å². The van der Waals surface area contributed by atoms with Crippen LogP contribution >= 0.6 is 0 Å². The summed E-state index contributed by atoms with van der Waals surface area (Å²) in [4.78, 5) is 44.9. The molecule has 0 aromatic carbocycles. The molecular weight excluding hydrogens is 292 g/mol. The lowest BCUT2D eigenvalue weighted by atomic mass is 10.0. The molecule has 0 aromatic rings. The number of aliphatic carboxylic acids is 1. The first-order valence-electron chi connectivity index (χ1n) is 6.98. The summed E-state index contributed by atoms with van der Waals surface area (Å²) in [6, 6.07) is -2.60. The molecule has 0 rings (SSSR count). The van der Waals surface area contributed by atoms with Gasteiger partial charge in [0.25, 0.3) is 0 Å². The molecule has 9 nitrogen and oxygen atoms in total. The van der Waals surface area contributed by atoms with Gasteiger partial charge in [0, 0.05) is 13.5 Å². The lowest BCUT2D eigenvalue weighted by Gasteiger charge is -2.23. The van der Waals surface area contributed by atoms with E-state index in [4.69, 9.17) is 10.8 Å². The number of carboxylic acid groups (broad SMARTS) is 1. The van der Waals surface area contributed by atoms with E-state index in [0.29, 0.717) is 6.42 Å². The molecule has 0 saturated heterocycles. The van der Waals surface area contributed by atoms with Gasteiger partial charge in [-0.25, -0.2) is 9.59 Å². The van der Waals surface area contributed by atoms with Crippen LogP contribution in [-0.4, -0.2) is 47.5 Å². The van der Waals surface area contributed by atoms with Crippen molar-refractivity contribution in [3.05, 3.63) is 0 Å². The smallest absolute Gasteiger partial charge is 0.326 e. The van der Waals surface area contributed by atoms with Crippen molar-refractivity contribution in [2.45, 2.75) is 45.7 Å². The van der Waals surface area contributed by atoms with Gasteiger partial charge in [0.05, 0.1) is 0 Å². The average molecular weight is 316 g/mol. The molecule has 22 heavy (non-hydrogen) atoms. The maximum Gasteiger partial charge on any atom is 0.326 e. The standard InChI is InChI=1S/C13H24N4O5/c1-7(2)10(16-8(3)18)11(19)17-9(12(20)21)5-4-6-15-13(14)22/h7,9-10H,4-6H2,1-3H3,(H,16,18)(H,17,19)(H,20,21)(H3,14,15,22)/t9-,10-/m0/s1. The Hall–Kier alpha value is -2.32. The van der Waals surface area contributed by atoms with E-state index >= 15 is 0 Å². The van der Waals surface area contributed by atoms with Crippen molar-refractivity contribution in [2.24, 2.45) is 11.7 Å². The number of urea groups is 1. The number of hydrogen-bond acceptors (Lipinski definition) is 4. The van der Waals surface area contributed by atoms with Crippen LogP contribution in [0.5, 0.6) is 0 Å². The molecule has 0 unspecified atom stereocenters. The molecule has 0 spiro atoms. The Kier molecular flexibility index (Phi) is 8.58. The minimum absolute atomic E-state index is 0.131. The summed E-state index contributed by atoms with van der Waals surface area (Å²) >= 11 is 0. The molecule has 2 atom stereocenters. The van der Waals surface area contributed by atoms with Crippen LogP contribution in [0.2, 0.25) is 0 Å². The summed E-state index contributed by atoms with van der Waals surface area (Å²) in [6.07, 6.45) is 0.471. The molecule has 4 amide bonds. The Balaban J connectivity index is 4.58. The highest BCUT2D eigenvalue weighted by Crippen LogP contribution is 2.04. The van der Waals surface area contributed by atoms with E-state index in [2.05, 4.69) is 16.0 Å². The molecule has 0 saturated carbocycles. The maximum absolute atomic E-state index is 12.1. The van der Waals surface area contributed by atoms with Gasteiger partial charge in [-0.3, -0.25) is 9.59 Å². The number of carbonyl (C=O) groups is 4. The van der Waals surface area contributed by atoms with Crippen LogP contribution in [0.15, 0.2) is 0 Å². The van der Waals surface area contributed by atoms with Gasteiger partial charge >= 0.3 is 12.0 Å². The Labute approximate surface area is 129 Å². The summed E-state index contributed by atoms with van der Waals surface area (Å²) in [5.41, 5.74) is 4.89. The zero-order valence-corrected chi connectivity index (χ0v) is 13.0. The number of nitrogens with one attached hydrogen (secondary N) is 3. The predicted octanol–water partition coefficient (Wildman–Crippen LogP) is -0.835. The van der Waals surface area contributed by atoms with Gasteiger partial charge in [-0.1, -0.05) is 13.8 Å². The monoisotopic (exact) mass is 316 g/mol. The molecular formula is C13H24N4O5. The van der Waals surface area contributed by atoms with Crippen molar-refractivity contribution in [1.29, 1.82) is 0 Å². The van der Waals surface area contributed by atoms with Crippen molar-refractivity contribution in [3.63, 3.8) is 0 Å². The molecule has 0 aliphatic rings. The van der Waals surface area contributed by atoms with E-state index in [-0.39, 0.29) is 24.8 Å². The van der Waals surface area contributed by atoms with Crippen molar-refractivity contribution in [1.82, 2.24) is 16.0 Å². The first-order chi connectivity index (χ1) is 10.1. The number of nitrogens with two attached hydrogens (primary N) is 1. The second-order valence-corrected chi connectivity index (χ2v) is 5.25. The van der Waals surface area contributed by atoms with Crippen molar-refractivity contribution in [2.75, 3.05) is 6.54 Å². The molecule has 0 aliphatic carbocycles. The summed E-state index contributed by atoms with van der Waals surface area (Å²) in [5.74, 6) is -2.29. The van der Waals surface area contributed by atoms with Crippen LogP contribution in [-0.2, 0) is 14.4 Å². The topological polar surface area (TPSA) is 151 Å². The summed E-state index contributed by atoms with van der Waals surface area (Å²) in [6.45, 7) is 4.99. The molecule has 6 N–H and O–H groups in total. The fraction of sp³-hybridized carbons (Fsp3) is 0.692. The molecule has 9 heteroatoms. The van der Waals surface area contributed by atoms with E-state index in [0.717, 1.165) is 0 Å². The molecule has 0 aliphatic heterocycles. The number of carboxylic acids is 1. The van der Waals surface area contributed by atoms with E-state index in [1.165, 1.54) is 6.92 Å². The second-order valence-electron chi connectivity index (χ2n) is 5.25. The van der Waals surface area contributed by atoms with Crippen molar-refractivity contribution in [3.8, 4) is 0 Å². The highest BCUT2D eigenvalue weighted by atomic mass is 16.4. The number of amides is 4. The maximum atomic E-state index is 12.1. The van der Waals surface area contributed by atoms with Gasteiger partial charge in [-0.2, -0.15) is 0 Å². The van der Waals surface area contributed by atoms with E-state index < -0.39 is 30.0 Å². The highest BCUT2D eigenvalue weighted by molar-refractivity contribution is 5.90. The molecule has 0 aromatic heterocycles. The largest absolute Gasteiger partial charge is 0.480 e. The van der Waals surface area contributed by atoms with Gasteiger partial charge in [0.2, 0.25) is 11.8 Å². The van der Waals surface area contributed by atoms with Crippen LogP contribution in [0.1, 0.15) is 33.6 Å². The molecule has 0 bridgehead atoms. The van der Waals surface area contributed by atoms with Crippen LogP contribution < -0.4 is 21.7 Å². The van der Waals surface area contributed by atoms with E-state index in [9.17, 15) is 19.2 Å². The third-order valence-electron chi connectivity index (χ3n) is 2.89. The predicted molar refractivity (Wildman–Crippen MR) is 78.8 cm³/mol. The zero-order valence-electron chi connectivity index (χ0n) is 13.0.